The Hall–Kier alpha value is -2.12. The van der Waals surface area contributed by atoms with E-state index in [1.807, 2.05) is 43.5 Å². The molecule has 5 nitrogen and oxygen atoms in total. The highest BCUT2D eigenvalue weighted by Gasteiger charge is 2.11. The number of nitrogens with one attached hydrogen (secondary N) is 1. The minimum atomic E-state index is -0.248. The summed E-state index contributed by atoms with van der Waals surface area (Å²) in [6.07, 6.45) is 4.29. The molecule has 0 fully saturated rings. The van der Waals surface area contributed by atoms with Crippen LogP contribution >= 0.6 is 23.1 Å². The van der Waals surface area contributed by atoms with Crippen LogP contribution in [0.1, 0.15) is 11.8 Å². The second kappa shape index (κ2) is 7.19. The molecule has 0 saturated heterocycles. The molecule has 0 aliphatic rings. The van der Waals surface area contributed by atoms with Gasteiger partial charge < -0.3 is 5.32 Å². The first kappa shape index (κ1) is 16.7. The van der Waals surface area contributed by atoms with E-state index in [0.29, 0.717) is 5.39 Å². The number of carbonyl (C=O) groups excluding carboxylic acids is 1. The van der Waals surface area contributed by atoms with Crippen molar-refractivity contribution in [2.75, 3.05) is 11.6 Å². The smallest absolute Gasteiger partial charge is 0.262 e. The lowest BCUT2D eigenvalue weighted by Gasteiger charge is -2.08. The molecule has 0 atom stereocenters. The largest absolute Gasteiger partial charge is 0.324 e. The molecule has 7 heteroatoms. The first-order valence-corrected chi connectivity index (χ1v) is 9.56. The van der Waals surface area contributed by atoms with Crippen LogP contribution in [0.25, 0.3) is 10.2 Å². The zero-order valence-corrected chi connectivity index (χ0v) is 15.0. The van der Waals surface area contributed by atoms with Crippen molar-refractivity contribution in [3.8, 4) is 0 Å². The van der Waals surface area contributed by atoms with Gasteiger partial charge in [-0.05, 0) is 36.9 Å². The van der Waals surface area contributed by atoms with Gasteiger partial charge in [0, 0.05) is 15.5 Å². The third-order valence-electron chi connectivity index (χ3n) is 3.59. The average molecular weight is 359 g/mol. The van der Waals surface area contributed by atoms with Crippen LogP contribution < -0.4 is 10.9 Å². The summed E-state index contributed by atoms with van der Waals surface area (Å²) in [5.74, 6) is -0.248. The van der Waals surface area contributed by atoms with Crippen molar-refractivity contribution in [1.82, 2.24) is 9.55 Å². The number of carbonyl (C=O) groups is 1. The standard InChI is InChI=1S/C17H17N3O2S2/c1-3-12-8-14-16(24-12)18-10-20(17(14)22)9-15(21)19-11-5-4-6-13(7-11)23-2/h4-8,10H,3,9H2,1-2H3,(H,19,21). The highest BCUT2D eigenvalue weighted by Crippen LogP contribution is 2.21. The number of hydrogen-bond donors (Lipinski definition) is 1. The highest BCUT2D eigenvalue weighted by atomic mass is 32.2. The van der Waals surface area contributed by atoms with Gasteiger partial charge in [0.25, 0.3) is 5.56 Å². The fourth-order valence-corrected chi connectivity index (χ4v) is 3.74. The van der Waals surface area contributed by atoms with E-state index in [-0.39, 0.29) is 18.0 Å². The molecular weight excluding hydrogens is 342 g/mol. The molecule has 1 aromatic carbocycles. The SMILES string of the molecule is CCc1cc2c(=O)n(CC(=O)Nc3cccc(SC)c3)cnc2s1. The first-order valence-electron chi connectivity index (χ1n) is 7.52. The molecule has 124 valence electrons. The Labute approximate surface area is 147 Å². The van der Waals surface area contributed by atoms with Gasteiger partial charge in [-0.25, -0.2) is 4.98 Å². The van der Waals surface area contributed by atoms with Crippen molar-refractivity contribution in [3.63, 3.8) is 0 Å². The normalized spacial score (nSPS) is 10.9. The molecule has 2 aromatic heterocycles. The van der Waals surface area contributed by atoms with Crippen LogP contribution in [0.3, 0.4) is 0 Å². The Bertz CT molecular complexity index is 946. The summed E-state index contributed by atoms with van der Waals surface area (Å²) in [4.78, 5) is 31.9. The van der Waals surface area contributed by atoms with Gasteiger partial charge in [-0.1, -0.05) is 13.0 Å². The number of nitrogens with zero attached hydrogens (tertiary/aromatic N) is 2. The quantitative estimate of drug-likeness (QED) is 0.709. The number of fused-ring (bicyclic) bond motifs is 1. The fraction of sp³-hybridized carbons (Fsp3) is 0.235. The van der Waals surface area contributed by atoms with E-state index in [2.05, 4.69) is 10.3 Å². The molecule has 1 amide bonds. The van der Waals surface area contributed by atoms with Gasteiger partial charge in [0.2, 0.25) is 5.91 Å². The van der Waals surface area contributed by atoms with Crippen molar-refractivity contribution in [2.45, 2.75) is 24.8 Å². The molecule has 0 radical (unpaired) electrons. The number of amides is 1. The fourth-order valence-electron chi connectivity index (χ4n) is 2.35. The van der Waals surface area contributed by atoms with Crippen LogP contribution in [0, 0.1) is 0 Å². The second-order valence-electron chi connectivity index (χ2n) is 5.24. The molecule has 24 heavy (non-hydrogen) atoms. The summed E-state index contributed by atoms with van der Waals surface area (Å²) < 4.78 is 1.35. The Morgan fingerprint density at radius 3 is 2.96 bits per heavy atom. The van der Waals surface area contributed by atoms with Crippen LogP contribution in [-0.4, -0.2) is 21.7 Å². The molecule has 3 rings (SSSR count). The van der Waals surface area contributed by atoms with Crippen LogP contribution in [0.5, 0.6) is 0 Å². The number of benzene rings is 1. The second-order valence-corrected chi connectivity index (χ2v) is 7.24. The van der Waals surface area contributed by atoms with Crippen molar-refractivity contribution in [2.24, 2.45) is 0 Å². The molecule has 0 aliphatic heterocycles. The monoisotopic (exact) mass is 359 g/mol. The van der Waals surface area contributed by atoms with Gasteiger partial charge in [-0.3, -0.25) is 14.2 Å². The third kappa shape index (κ3) is 3.52. The van der Waals surface area contributed by atoms with Gasteiger partial charge >= 0.3 is 0 Å². The van der Waals surface area contributed by atoms with Crippen LogP contribution in [0.4, 0.5) is 5.69 Å². The molecule has 0 spiro atoms. The molecule has 3 aromatic rings. The van der Waals surface area contributed by atoms with E-state index in [0.717, 1.165) is 26.7 Å². The summed E-state index contributed by atoms with van der Waals surface area (Å²) in [7, 11) is 0. The molecule has 1 N–H and O–H groups in total. The maximum Gasteiger partial charge on any atom is 0.262 e. The topological polar surface area (TPSA) is 64.0 Å². The Balaban J connectivity index is 1.80. The number of aryl methyl sites for hydroxylation is 1. The van der Waals surface area contributed by atoms with Gasteiger partial charge in [0.05, 0.1) is 11.7 Å². The predicted molar refractivity (Wildman–Crippen MR) is 100 cm³/mol. The Kier molecular flexibility index (Phi) is 5.01. The molecule has 0 saturated carbocycles. The first-order chi connectivity index (χ1) is 11.6. The van der Waals surface area contributed by atoms with Crippen molar-refractivity contribution >= 4 is 44.9 Å². The third-order valence-corrected chi connectivity index (χ3v) is 5.50. The van der Waals surface area contributed by atoms with E-state index < -0.39 is 0 Å². The predicted octanol–water partition coefficient (Wildman–Crippen LogP) is 3.38. The summed E-state index contributed by atoms with van der Waals surface area (Å²) >= 11 is 3.13. The number of thioether (sulfide) groups is 1. The maximum absolute atomic E-state index is 12.5. The number of aromatic nitrogens is 2. The molecule has 0 aliphatic carbocycles. The summed E-state index contributed by atoms with van der Waals surface area (Å²) in [6, 6.07) is 9.46. The highest BCUT2D eigenvalue weighted by molar-refractivity contribution is 7.98. The van der Waals surface area contributed by atoms with E-state index in [9.17, 15) is 9.59 Å². The Morgan fingerprint density at radius 2 is 2.21 bits per heavy atom. The lowest BCUT2D eigenvalue weighted by atomic mass is 10.3. The van der Waals surface area contributed by atoms with Crippen LogP contribution in [0.15, 0.2) is 46.3 Å². The van der Waals surface area contributed by atoms with E-state index in [1.165, 1.54) is 22.2 Å². The molecule has 0 bridgehead atoms. The number of thiophene rings is 1. The van der Waals surface area contributed by atoms with E-state index in [4.69, 9.17) is 0 Å². The number of rotatable bonds is 5. The van der Waals surface area contributed by atoms with Crippen molar-refractivity contribution in [3.05, 3.63) is 51.9 Å². The minimum Gasteiger partial charge on any atom is -0.324 e. The summed E-state index contributed by atoms with van der Waals surface area (Å²) in [5.41, 5.74) is 0.543. The van der Waals surface area contributed by atoms with Gasteiger partial charge in [0.1, 0.15) is 11.4 Å². The van der Waals surface area contributed by atoms with Crippen LogP contribution in [0.2, 0.25) is 0 Å². The van der Waals surface area contributed by atoms with Gasteiger partial charge in [0.15, 0.2) is 0 Å². The average Bonchev–Trinajstić information content (AvgIpc) is 3.02. The van der Waals surface area contributed by atoms with E-state index in [1.54, 1.807) is 11.8 Å². The lowest BCUT2D eigenvalue weighted by Crippen LogP contribution is -2.27. The van der Waals surface area contributed by atoms with Crippen molar-refractivity contribution < 1.29 is 4.79 Å². The van der Waals surface area contributed by atoms with Crippen molar-refractivity contribution in [1.29, 1.82) is 0 Å². The summed E-state index contributed by atoms with van der Waals surface area (Å²) in [5, 5.41) is 3.40. The van der Waals surface area contributed by atoms with Crippen LogP contribution in [-0.2, 0) is 17.8 Å². The van der Waals surface area contributed by atoms with E-state index >= 15 is 0 Å². The maximum atomic E-state index is 12.5. The zero-order chi connectivity index (χ0) is 17.1. The number of hydrogen-bond acceptors (Lipinski definition) is 5. The van der Waals surface area contributed by atoms with Gasteiger partial charge in [-0.2, -0.15) is 0 Å². The zero-order valence-electron chi connectivity index (χ0n) is 13.4. The lowest BCUT2D eigenvalue weighted by molar-refractivity contribution is -0.116. The summed E-state index contributed by atoms with van der Waals surface area (Å²) in [6.45, 7) is 1.99. The molecule has 0 unspecified atom stereocenters. The minimum absolute atomic E-state index is 0.0530. The Morgan fingerprint density at radius 1 is 1.38 bits per heavy atom. The molecule has 2 heterocycles. The molecular formula is C17H17N3O2S2. The number of anilines is 1. The van der Waals surface area contributed by atoms with Gasteiger partial charge in [-0.15, -0.1) is 23.1 Å².